The van der Waals surface area contributed by atoms with Crippen molar-refractivity contribution in [1.82, 2.24) is 5.32 Å². The molecule has 0 aliphatic carbocycles. The van der Waals surface area contributed by atoms with Gasteiger partial charge in [0.1, 0.15) is 5.75 Å². The summed E-state index contributed by atoms with van der Waals surface area (Å²) in [4.78, 5) is 12.5. The Hall–Kier alpha value is -2.00. The molecule has 1 N–H and O–H groups in total. The number of hydrogen-bond acceptors (Lipinski definition) is 2. The van der Waals surface area contributed by atoms with Crippen molar-refractivity contribution in [2.45, 2.75) is 46.3 Å². The van der Waals surface area contributed by atoms with Crippen LogP contribution in [0, 0.1) is 13.8 Å². The lowest BCUT2D eigenvalue weighted by Crippen LogP contribution is -2.38. The van der Waals surface area contributed by atoms with Crippen molar-refractivity contribution in [2.75, 3.05) is 0 Å². The highest BCUT2D eigenvalue weighted by Crippen LogP contribution is 2.25. The third-order valence-corrected chi connectivity index (χ3v) is 4.35. The lowest BCUT2D eigenvalue weighted by Gasteiger charge is -2.23. The molecule has 128 valence electrons. The van der Waals surface area contributed by atoms with Crippen molar-refractivity contribution in [3.63, 3.8) is 0 Å². The number of amides is 1. The molecule has 2 aromatic rings. The lowest BCUT2D eigenvalue weighted by atomic mass is 9.97. The predicted octanol–water partition coefficient (Wildman–Crippen LogP) is 4.99. The fraction of sp³-hybridized carbons (Fsp3) is 0.350. The van der Waals surface area contributed by atoms with E-state index in [4.69, 9.17) is 16.3 Å². The number of hydrogen-bond donors (Lipinski definition) is 1. The van der Waals surface area contributed by atoms with Gasteiger partial charge in [-0.1, -0.05) is 54.4 Å². The average Bonchev–Trinajstić information content (AvgIpc) is 2.55. The summed E-state index contributed by atoms with van der Waals surface area (Å²) in [6, 6.07) is 13.4. The van der Waals surface area contributed by atoms with Crippen molar-refractivity contribution in [3.05, 3.63) is 64.2 Å². The highest BCUT2D eigenvalue weighted by atomic mass is 35.5. The van der Waals surface area contributed by atoms with E-state index in [1.807, 2.05) is 12.1 Å². The molecule has 4 heteroatoms. The molecule has 0 fully saturated rings. The molecular weight excluding hydrogens is 322 g/mol. The molecule has 0 saturated heterocycles. The maximum atomic E-state index is 12.5. The van der Waals surface area contributed by atoms with Crippen LogP contribution in [0.3, 0.4) is 0 Å². The minimum Gasteiger partial charge on any atom is -0.479 e. The summed E-state index contributed by atoms with van der Waals surface area (Å²) in [5.41, 5.74) is 3.54. The minimum atomic E-state index is -0.621. The second-order valence-electron chi connectivity index (χ2n) is 6.02. The standard InChI is InChI=1S/C20H24ClNO2/c1-5-18(16-11-10-13(2)12-14(16)3)22-20(23)15(4)24-19-9-7-6-8-17(19)21/h6-12,15,18H,5H2,1-4H3,(H,22,23)/t15-,18-/m0/s1. The number of aryl methyl sites for hydroxylation is 2. The Bertz CT molecular complexity index is 715. The average molecular weight is 346 g/mol. The van der Waals surface area contributed by atoms with Gasteiger partial charge in [0, 0.05) is 0 Å². The summed E-state index contributed by atoms with van der Waals surface area (Å²) in [5.74, 6) is 0.364. The van der Waals surface area contributed by atoms with Crippen LogP contribution in [0.4, 0.5) is 0 Å². The number of para-hydroxylation sites is 1. The van der Waals surface area contributed by atoms with Gasteiger partial charge in [0.05, 0.1) is 11.1 Å². The predicted molar refractivity (Wildman–Crippen MR) is 98.6 cm³/mol. The fourth-order valence-corrected chi connectivity index (χ4v) is 2.87. The van der Waals surface area contributed by atoms with Crippen LogP contribution in [0.25, 0.3) is 0 Å². The van der Waals surface area contributed by atoms with Crippen molar-refractivity contribution < 1.29 is 9.53 Å². The Morgan fingerprint density at radius 2 is 1.92 bits per heavy atom. The van der Waals surface area contributed by atoms with E-state index >= 15 is 0 Å². The number of nitrogens with one attached hydrogen (secondary N) is 1. The molecule has 0 unspecified atom stereocenters. The Balaban J connectivity index is 2.07. The van der Waals surface area contributed by atoms with Crippen molar-refractivity contribution in [2.24, 2.45) is 0 Å². The van der Waals surface area contributed by atoms with E-state index in [9.17, 15) is 4.79 Å². The Morgan fingerprint density at radius 1 is 1.21 bits per heavy atom. The van der Waals surface area contributed by atoms with Gasteiger partial charge < -0.3 is 10.1 Å². The molecule has 0 saturated carbocycles. The van der Waals surface area contributed by atoms with Gasteiger partial charge >= 0.3 is 0 Å². The first-order valence-electron chi connectivity index (χ1n) is 8.21. The smallest absolute Gasteiger partial charge is 0.261 e. The maximum Gasteiger partial charge on any atom is 0.261 e. The molecule has 24 heavy (non-hydrogen) atoms. The van der Waals surface area contributed by atoms with Crippen LogP contribution in [0.5, 0.6) is 5.75 Å². The summed E-state index contributed by atoms with van der Waals surface area (Å²) < 4.78 is 5.69. The molecule has 0 aromatic heterocycles. The van der Waals surface area contributed by atoms with Crippen LogP contribution in [0.15, 0.2) is 42.5 Å². The van der Waals surface area contributed by atoms with Crippen LogP contribution < -0.4 is 10.1 Å². The Kier molecular flexibility index (Phi) is 6.27. The number of ether oxygens (including phenoxy) is 1. The monoisotopic (exact) mass is 345 g/mol. The zero-order chi connectivity index (χ0) is 17.7. The molecule has 0 bridgehead atoms. The number of benzene rings is 2. The molecule has 2 aromatic carbocycles. The van der Waals surface area contributed by atoms with Crippen LogP contribution in [-0.2, 0) is 4.79 Å². The van der Waals surface area contributed by atoms with Gasteiger partial charge in [-0.25, -0.2) is 0 Å². The summed E-state index contributed by atoms with van der Waals surface area (Å²) in [6.07, 6.45) is 0.193. The van der Waals surface area contributed by atoms with E-state index in [0.717, 1.165) is 12.0 Å². The second-order valence-corrected chi connectivity index (χ2v) is 6.43. The van der Waals surface area contributed by atoms with Gasteiger partial charge in [-0.2, -0.15) is 0 Å². The number of carbonyl (C=O) groups excluding carboxylic acids is 1. The van der Waals surface area contributed by atoms with Crippen molar-refractivity contribution in [1.29, 1.82) is 0 Å². The highest BCUT2D eigenvalue weighted by molar-refractivity contribution is 6.32. The van der Waals surface area contributed by atoms with Crippen molar-refractivity contribution in [3.8, 4) is 5.75 Å². The number of rotatable bonds is 6. The van der Waals surface area contributed by atoms with E-state index in [1.54, 1.807) is 19.1 Å². The first-order valence-corrected chi connectivity index (χ1v) is 8.59. The quantitative estimate of drug-likeness (QED) is 0.800. The van der Waals surface area contributed by atoms with Gasteiger partial charge in [-0.3, -0.25) is 4.79 Å². The summed E-state index contributed by atoms with van der Waals surface area (Å²) in [6.45, 7) is 7.92. The topological polar surface area (TPSA) is 38.3 Å². The first-order chi connectivity index (χ1) is 11.4. The molecule has 2 atom stereocenters. The van der Waals surface area contributed by atoms with E-state index in [-0.39, 0.29) is 11.9 Å². The molecule has 3 nitrogen and oxygen atoms in total. The van der Waals surface area contributed by atoms with Gasteiger partial charge in [0.25, 0.3) is 5.91 Å². The molecule has 2 rings (SSSR count). The summed E-state index contributed by atoms with van der Waals surface area (Å²) in [7, 11) is 0. The lowest BCUT2D eigenvalue weighted by molar-refractivity contribution is -0.128. The van der Waals surface area contributed by atoms with Gasteiger partial charge in [0.15, 0.2) is 6.10 Å². The SMILES string of the molecule is CC[C@H](NC(=O)[C@H](C)Oc1ccccc1Cl)c1ccc(C)cc1C. The van der Waals surface area contributed by atoms with Gasteiger partial charge in [-0.15, -0.1) is 0 Å². The zero-order valence-corrected chi connectivity index (χ0v) is 15.4. The molecule has 0 aliphatic heterocycles. The molecular formula is C20H24ClNO2. The molecule has 1 amide bonds. The van der Waals surface area contributed by atoms with Crippen LogP contribution in [-0.4, -0.2) is 12.0 Å². The third kappa shape index (κ3) is 4.51. The molecule has 0 radical (unpaired) electrons. The normalized spacial score (nSPS) is 13.2. The zero-order valence-electron chi connectivity index (χ0n) is 14.6. The van der Waals surface area contributed by atoms with Crippen LogP contribution in [0.1, 0.15) is 43.0 Å². The van der Waals surface area contributed by atoms with E-state index < -0.39 is 6.10 Å². The minimum absolute atomic E-state index is 0.0320. The third-order valence-electron chi connectivity index (χ3n) is 4.04. The number of carbonyl (C=O) groups is 1. The van der Waals surface area contributed by atoms with Gasteiger partial charge in [-0.05, 0) is 50.5 Å². The molecule has 0 spiro atoms. The Labute approximate surface area is 149 Å². The van der Waals surface area contributed by atoms with Crippen LogP contribution in [0.2, 0.25) is 5.02 Å². The first kappa shape index (κ1) is 18.3. The Morgan fingerprint density at radius 3 is 2.54 bits per heavy atom. The van der Waals surface area contributed by atoms with Crippen molar-refractivity contribution >= 4 is 17.5 Å². The highest BCUT2D eigenvalue weighted by Gasteiger charge is 2.21. The van der Waals surface area contributed by atoms with E-state index in [0.29, 0.717) is 10.8 Å². The fourth-order valence-electron chi connectivity index (χ4n) is 2.69. The number of halogens is 1. The maximum absolute atomic E-state index is 12.5. The van der Waals surface area contributed by atoms with Gasteiger partial charge in [0.2, 0.25) is 0 Å². The second kappa shape index (κ2) is 8.20. The molecule has 0 heterocycles. The largest absolute Gasteiger partial charge is 0.479 e. The van der Waals surface area contributed by atoms with E-state index in [1.165, 1.54) is 11.1 Å². The summed E-state index contributed by atoms with van der Waals surface area (Å²) >= 11 is 6.08. The molecule has 0 aliphatic rings. The van der Waals surface area contributed by atoms with E-state index in [2.05, 4.69) is 44.3 Å². The summed E-state index contributed by atoms with van der Waals surface area (Å²) in [5, 5.41) is 3.57. The van der Waals surface area contributed by atoms with Crippen LogP contribution >= 0.6 is 11.6 Å².